The first-order valence-corrected chi connectivity index (χ1v) is 8.43. The van der Waals surface area contributed by atoms with Gasteiger partial charge in [-0.25, -0.2) is 0 Å². The van der Waals surface area contributed by atoms with Gasteiger partial charge in [-0.05, 0) is 59.0 Å². The Bertz CT molecular complexity index is 658. The van der Waals surface area contributed by atoms with Gasteiger partial charge in [-0.2, -0.15) is 0 Å². The lowest BCUT2D eigenvalue weighted by molar-refractivity contribution is 0.112. The standard InChI is InChI=1S/C17H16ClIO4/c1-21-16-10-12(11-20)9-15(19)17(16)23-8-2-7-22-14-5-3-13(18)4-6-14/h3-6,9-11H,2,7-8H2,1H3. The van der Waals surface area contributed by atoms with E-state index in [1.54, 1.807) is 31.4 Å². The van der Waals surface area contributed by atoms with Crippen molar-refractivity contribution in [1.29, 1.82) is 0 Å². The van der Waals surface area contributed by atoms with E-state index in [0.717, 1.165) is 22.0 Å². The van der Waals surface area contributed by atoms with Gasteiger partial charge in [0.15, 0.2) is 11.5 Å². The molecule has 0 aliphatic rings. The van der Waals surface area contributed by atoms with Gasteiger partial charge in [0, 0.05) is 17.0 Å². The van der Waals surface area contributed by atoms with Gasteiger partial charge in [-0.15, -0.1) is 0 Å². The zero-order valence-corrected chi connectivity index (χ0v) is 15.5. The number of hydrogen-bond acceptors (Lipinski definition) is 4. The molecule has 0 amide bonds. The molecule has 0 bridgehead atoms. The molecule has 2 aromatic rings. The number of halogens is 2. The predicted octanol–water partition coefficient (Wildman–Crippen LogP) is 4.61. The summed E-state index contributed by atoms with van der Waals surface area (Å²) in [6.45, 7) is 1.02. The third-order valence-corrected chi connectivity index (χ3v) is 4.06. The first-order chi connectivity index (χ1) is 11.1. The fourth-order valence-corrected chi connectivity index (χ4v) is 2.81. The minimum Gasteiger partial charge on any atom is -0.493 e. The highest BCUT2D eigenvalue weighted by Crippen LogP contribution is 2.33. The molecule has 122 valence electrons. The lowest BCUT2D eigenvalue weighted by Crippen LogP contribution is -2.07. The number of aldehydes is 1. The highest BCUT2D eigenvalue weighted by Gasteiger charge is 2.11. The van der Waals surface area contributed by atoms with Crippen LogP contribution in [0.25, 0.3) is 0 Å². The van der Waals surface area contributed by atoms with Crippen LogP contribution in [0.3, 0.4) is 0 Å². The molecule has 2 rings (SSSR count). The van der Waals surface area contributed by atoms with Gasteiger partial charge in [-0.1, -0.05) is 11.6 Å². The van der Waals surface area contributed by atoms with Gasteiger partial charge >= 0.3 is 0 Å². The molecule has 0 spiro atoms. The molecular weight excluding hydrogens is 431 g/mol. The summed E-state index contributed by atoms with van der Waals surface area (Å²) in [7, 11) is 1.55. The molecule has 0 atom stereocenters. The fraction of sp³-hybridized carbons (Fsp3) is 0.235. The largest absolute Gasteiger partial charge is 0.493 e. The van der Waals surface area contributed by atoms with Gasteiger partial charge in [0.05, 0.1) is 23.9 Å². The first kappa shape index (κ1) is 17.9. The Morgan fingerprint density at radius 3 is 2.48 bits per heavy atom. The zero-order valence-electron chi connectivity index (χ0n) is 12.6. The summed E-state index contributed by atoms with van der Waals surface area (Å²) in [6, 6.07) is 10.6. The van der Waals surface area contributed by atoms with Crippen molar-refractivity contribution in [2.45, 2.75) is 6.42 Å². The number of benzene rings is 2. The molecule has 0 aromatic heterocycles. The molecule has 0 saturated heterocycles. The number of methoxy groups -OCH3 is 1. The van der Waals surface area contributed by atoms with E-state index in [9.17, 15) is 4.79 Å². The van der Waals surface area contributed by atoms with Crippen LogP contribution < -0.4 is 14.2 Å². The maximum atomic E-state index is 10.9. The molecule has 2 aromatic carbocycles. The van der Waals surface area contributed by atoms with Crippen LogP contribution in [0.1, 0.15) is 16.8 Å². The van der Waals surface area contributed by atoms with E-state index in [0.29, 0.717) is 35.3 Å². The number of carbonyl (C=O) groups is 1. The minimum atomic E-state index is 0.486. The van der Waals surface area contributed by atoms with Crippen molar-refractivity contribution < 1.29 is 19.0 Å². The lowest BCUT2D eigenvalue weighted by atomic mass is 10.2. The molecule has 0 unspecified atom stereocenters. The Morgan fingerprint density at radius 2 is 1.83 bits per heavy atom. The molecule has 4 nitrogen and oxygen atoms in total. The molecule has 0 N–H and O–H groups in total. The third-order valence-electron chi connectivity index (χ3n) is 3.01. The maximum Gasteiger partial charge on any atom is 0.174 e. The second-order valence-electron chi connectivity index (χ2n) is 4.66. The summed E-state index contributed by atoms with van der Waals surface area (Å²) in [5.41, 5.74) is 0.560. The Hall–Kier alpha value is -1.47. The Kier molecular flexibility index (Phi) is 6.98. The Labute approximate surface area is 153 Å². The molecule has 0 aliphatic carbocycles. The second kappa shape index (κ2) is 8.98. The SMILES string of the molecule is COc1cc(C=O)cc(I)c1OCCCOc1ccc(Cl)cc1. The molecule has 23 heavy (non-hydrogen) atoms. The highest BCUT2D eigenvalue weighted by molar-refractivity contribution is 14.1. The van der Waals surface area contributed by atoms with Crippen LogP contribution in [0.5, 0.6) is 17.2 Å². The first-order valence-electron chi connectivity index (χ1n) is 6.98. The van der Waals surface area contributed by atoms with Crippen molar-refractivity contribution in [1.82, 2.24) is 0 Å². The van der Waals surface area contributed by atoms with Crippen LogP contribution in [-0.2, 0) is 0 Å². The number of carbonyl (C=O) groups excluding carboxylic acids is 1. The molecular formula is C17H16ClIO4. The van der Waals surface area contributed by atoms with Crippen LogP contribution in [0.4, 0.5) is 0 Å². The lowest BCUT2D eigenvalue weighted by Gasteiger charge is -2.13. The van der Waals surface area contributed by atoms with Crippen molar-refractivity contribution in [2.75, 3.05) is 20.3 Å². The van der Waals surface area contributed by atoms with Crippen LogP contribution in [0.2, 0.25) is 5.02 Å². The topological polar surface area (TPSA) is 44.8 Å². The summed E-state index contributed by atoms with van der Waals surface area (Å²) < 4.78 is 17.5. The monoisotopic (exact) mass is 446 g/mol. The molecule has 0 fully saturated rings. The van der Waals surface area contributed by atoms with E-state index in [1.807, 2.05) is 12.1 Å². The van der Waals surface area contributed by atoms with E-state index in [2.05, 4.69) is 22.6 Å². The number of ether oxygens (including phenoxy) is 3. The van der Waals surface area contributed by atoms with Crippen molar-refractivity contribution >= 4 is 40.5 Å². The Balaban J connectivity index is 1.84. The summed E-state index contributed by atoms with van der Waals surface area (Å²) in [4.78, 5) is 10.9. The van der Waals surface area contributed by atoms with E-state index in [1.165, 1.54) is 0 Å². The Morgan fingerprint density at radius 1 is 1.13 bits per heavy atom. The van der Waals surface area contributed by atoms with Crippen LogP contribution in [-0.4, -0.2) is 26.6 Å². The minimum absolute atomic E-state index is 0.486. The van der Waals surface area contributed by atoms with Crippen LogP contribution in [0, 0.1) is 3.57 Å². The molecule has 0 saturated carbocycles. The molecule has 0 radical (unpaired) electrons. The average Bonchev–Trinajstić information content (AvgIpc) is 2.56. The maximum absolute atomic E-state index is 10.9. The highest BCUT2D eigenvalue weighted by atomic mass is 127. The van der Waals surface area contributed by atoms with Gasteiger partial charge in [0.1, 0.15) is 12.0 Å². The van der Waals surface area contributed by atoms with Gasteiger partial charge in [0.2, 0.25) is 0 Å². The number of rotatable bonds is 8. The predicted molar refractivity (Wildman–Crippen MR) is 98.2 cm³/mol. The zero-order chi connectivity index (χ0) is 16.7. The summed E-state index contributed by atoms with van der Waals surface area (Å²) in [6.07, 6.45) is 1.51. The van der Waals surface area contributed by atoms with E-state index in [4.69, 9.17) is 25.8 Å². The van der Waals surface area contributed by atoms with Gasteiger partial charge < -0.3 is 14.2 Å². The van der Waals surface area contributed by atoms with Crippen molar-refractivity contribution in [3.05, 3.63) is 50.6 Å². The van der Waals surface area contributed by atoms with Crippen LogP contribution in [0.15, 0.2) is 36.4 Å². The summed E-state index contributed by atoms with van der Waals surface area (Å²) in [5, 5.41) is 0.682. The summed E-state index contributed by atoms with van der Waals surface area (Å²) >= 11 is 7.94. The fourth-order valence-electron chi connectivity index (χ4n) is 1.90. The van der Waals surface area contributed by atoms with E-state index in [-0.39, 0.29) is 0 Å². The normalized spacial score (nSPS) is 10.2. The smallest absolute Gasteiger partial charge is 0.174 e. The van der Waals surface area contributed by atoms with Crippen molar-refractivity contribution in [3.63, 3.8) is 0 Å². The molecule has 0 heterocycles. The van der Waals surface area contributed by atoms with E-state index < -0.39 is 0 Å². The van der Waals surface area contributed by atoms with E-state index >= 15 is 0 Å². The van der Waals surface area contributed by atoms with Crippen molar-refractivity contribution in [3.8, 4) is 17.2 Å². The quantitative estimate of drug-likeness (QED) is 0.337. The third kappa shape index (κ3) is 5.28. The van der Waals surface area contributed by atoms with Gasteiger partial charge in [0.25, 0.3) is 0 Å². The van der Waals surface area contributed by atoms with Crippen LogP contribution >= 0.6 is 34.2 Å². The van der Waals surface area contributed by atoms with Gasteiger partial charge in [-0.3, -0.25) is 4.79 Å². The molecule has 0 aliphatic heterocycles. The number of hydrogen-bond donors (Lipinski definition) is 0. The molecule has 6 heteroatoms. The second-order valence-corrected chi connectivity index (χ2v) is 6.25. The average molecular weight is 447 g/mol. The summed E-state index contributed by atoms with van der Waals surface area (Å²) in [5.74, 6) is 1.97. The van der Waals surface area contributed by atoms with Crippen molar-refractivity contribution in [2.24, 2.45) is 0 Å².